The van der Waals surface area contributed by atoms with E-state index in [1.54, 1.807) is 30.3 Å². The minimum absolute atomic E-state index is 0.163. The molecule has 6 nitrogen and oxygen atoms in total. The number of carbonyl (C=O) groups excluding carboxylic acids is 2. The molecule has 0 saturated carbocycles. The molecule has 2 aromatic carbocycles. The van der Waals surface area contributed by atoms with E-state index in [9.17, 15) is 19.7 Å². The highest BCUT2D eigenvalue weighted by atomic mass is 35.5. The Morgan fingerprint density at radius 2 is 1.38 bits per heavy atom. The Balaban J connectivity index is 2.17. The lowest BCUT2D eigenvalue weighted by Crippen LogP contribution is -2.46. The number of hydrogen-bond donors (Lipinski definition) is 0. The average molecular weight is 365 g/mol. The highest BCUT2D eigenvalue weighted by Crippen LogP contribution is 2.44. The van der Waals surface area contributed by atoms with Crippen LogP contribution in [-0.4, -0.2) is 26.1 Å². The zero-order valence-electron chi connectivity index (χ0n) is 12.1. The van der Waals surface area contributed by atoms with Crippen LogP contribution in [0.2, 0.25) is 0 Å². The molecule has 24 heavy (non-hydrogen) atoms. The summed E-state index contributed by atoms with van der Waals surface area (Å²) in [6.45, 7) is 0. The maximum atomic E-state index is 12.7. The van der Waals surface area contributed by atoms with E-state index in [0.29, 0.717) is 0 Å². The molecule has 122 valence electrons. The second-order valence-corrected chi connectivity index (χ2v) is 6.53. The van der Waals surface area contributed by atoms with Gasteiger partial charge in [0, 0.05) is 0 Å². The third kappa shape index (κ3) is 2.44. The van der Waals surface area contributed by atoms with Crippen molar-refractivity contribution in [1.29, 1.82) is 0 Å². The topological polar surface area (TPSA) is 80.5 Å². The maximum Gasteiger partial charge on any atom is 0.395 e. The smallest absolute Gasteiger partial charge is 0.269 e. The van der Waals surface area contributed by atoms with Crippen molar-refractivity contribution >= 4 is 35.0 Å². The number of alkyl halides is 2. The van der Waals surface area contributed by atoms with Crippen LogP contribution in [-0.2, 0) is 0 Å². The predicted molar refractivity (Wildman–Crippen MR) is 87.6 cm³/mol. The Morgan fingerprint density at radius 1 is 0.917 bits per heavy atom. The van der Waals surface area contributed by atoms with Gasteiger partial charge < -0.3 is 0 Å². The molecule has 1 aliphatic heterocycles. The van der Waals surface area contributed by atoms with Crippen LogP contribution in [0.3, 0.4) is 0 Å². The van der Waals surface area contributed by atoms with Gasteiger partial charge in [-0.1, -0.05) is 42.5 Å². The summed E-state index contributed by atoms with van der Waals surface area (Å²) in [6.07, 6.45) is 0. The van der Waals surface area contributed by atoms with Gasteiger partial charge in [-0.2, -0.15) is 0 Å². The molecule has 0 N–H and O–H groups in total. The summed E-state index contributed by atoms with van der Waals surface area (Å²) < 4.78 is -2.59. The van der Waals surface area contributed by atoms with Crippen molar-refractivity contribution in [2.75, 3.05) is 0 Å². The molecule has 1 atom stereocenters. The molecule has 1 heterocycles. The molecule has 0 bridgehead atoms. The minimum atomic E-state index is -2.59. The van der Waals surface area contributed by atoms with Gasteiger partial charge in [-0.05, 0) is 40.9 Å². The third-order valence-electron chi connectivity index (χ3n) is 3.77. The Morgan fingerprint density at radius 3 is 1.83 bits per heavy atom. The molecule has 0 saturated heterocycles. The Bertz CT molecular complexity index is 804. The summed E-state index contributed by atoms with van der Waals surface area (Å²) in [5, 5.41) is 11.4. The molecular formula is C16H10Cl2N2O4. The summed E-state index contributed by atoms with van der Waals surface area (Å²) in [5.41, 5.74) is 0.612. The number of imide groups is 1. The van der Waals surface area contributed by atoms with Crippen LogP contribution in [0, 0.1) is 10.1 Å². The lowest BCUT2D eigenvalue weighted by molar-refractivity contribution is -0.523. The zero-order valence-corrected chi connectivity index (χ0v) is 13.6. The van der Waals surface area contributed by atoms with E-state index in [0.717, 1.165) is 4.90 Å². The first-order valence-electron chi connectivity index (χ1n) is 6.90. The minimum Gasteiger partial charge on any atom is -0.269 e. The number of carbonyl (C=O) groups is 2. The lowest BCUT2D eigenvalue weighted by atomic mass is 10.0. The molecule has 0 spiro atoms. The highest BCUT2D eigenvalue weighted by Gasteiger charge is 2.56. The van der Waals surface area contributed by atoms with Gasteiger partial charge in [0.2, 0.25) is 0 Å². The average Bonchev–Trinajstić information content (AvgIpc) is 2.81. The number of rotatable bonds is 4. The standard InChI is InChI=1S/C16H10Cl2N2O4/c17-16(18,20(23)24)13(10-6-2-1-3-7-10)19-14(21)11-8-4-5-9-12(11)15(19)22/h1-9,13H. The zero-order chi connectivity index (χ0) is 17.5. The fourth-order valence-corrected chi connectivity index (χ4v) is 3.13. The van der Waals surface area contributed by atoms with Crippen molar-refractivity contribution in [3.63, 3.8) is 0 Å². The molecule has 0 radical (unpaired) electrons. The van der Waals surface area contributed by atoms with Gasteiger partial charge in [0.25, 0.3) is 11.8 Å². The van der Waals surface area contributed by atoms with Gasteiger partial charge in [-0.15, -0.1) is 0 Å². The first kappa shape index (κ1) is 16.4. The van der Waals surface area contributed by atoms with Crippen LogP contribution in [0.25, 0.3) is 0 Å². The van der Waals surface area contributed by atoms with Gasteiger partial charge in [-0.3, -0.25) is 24.6 Å². The SMILES string of the molecule is O=C1c2ccccc2C(=O)N1C(c1ccccc1)C(Cl)(Cl)[N+](=O)[O-]. The van der Waals surface area contributed by atoms with Crippen LogP contribution in [0.4, 0.5) is 0 Å². The Hall–Kier alpha value is -2.44. The van der Waals surface area contributed by atoms with Gasteiger partial charge in [-0.25, -0.2) is 0 Å². The second kappa shape index (κ2) is 5.89. The van der Waals surface area contributed by atoms with Crippen molar-refractivity contribution in [1.82, 2.24) is 4.90 Å². The number of benzene rings is 2. The van der Waals surface area contributed by atoms with Gasteiger partial charge in [0.1, 0.15) is 0 Å². The summed E-state index contributed by atoms with van der Waals surface area (Å²) >= 11 is 11.9. The molecule has 1 unspecified atom stereocenters. The van der Waals surface area contributed by atoms with Crippen LogP contribution < -0.4 is 0 Å². The number of amides is 2. The van der Waals surface area contributed by atoms with Crippen LogP contribution in [0.1, 0.15) is 32.3 Å². The monoisotopic (exact) mass is 364 g/mol. The molecule has 0 fully saturated rings. The fourth-order valence-electron chi connectivity index (χ4n) is 2.68. The first-order valence-corrected chi connectivity index (χ1v) is 7.65. The van der Waals surface area contributed by atoms with E-state index >= 15 is 0 Å². The number of halogens is 2. The van der Waals surface area contributed by atoms with E-state index in [4.69, 9.17) is 23.2 Å². The maximum absolute atomic E-state index is 12.7. The van der Waals surface area contributed by atoms with E-state index in [1.165, 1.54) is 24.3 Å². The predicted octanol–water partition coefficient (Wildman–Crippen LogP) is 3.43. The van der Waals surface area contributed by atoms with Crippen LogP contribution in [0.15, 0.2) is 54.6 Å². The van der Waals surface area contributed by atoms with Crippen LogP contribution >= 0.6 is 23.2 Å². The van der Waals surface area contributed by atoms with Gasteiger partial charge >= 0.3 is 4.46 Å². The lowest BCUT2D eigenvalue weighted by Gasteiger charge is -2.29. The largest absolute Gasteiger partial charge is 0.395 e. The van der Waals surface area contributed by atoms with Crippen molar-refractivity contribution in [3.05, 3.63) is 81.4 Å². The van der Waals surface area contributed by atoms with E-state index in [1.807, 2.05) is 0 Å². The molecule has 1 aliphatic rings. The van der Waals surface area contributed by atoms with E-state index in [2.05, 4.69) is 0 Å². The van der Waals surface area contributed by atoms with E-state index in [-0.39, 0.29) is 16.7 Å². The van der Waals surface area contributed by atoms with Crippen molar-refractivity contribution < 1.29 is 14.5 Å². The highest BCUT2D eigenvalue weighted by molar-refractivity contribution is 6.47. The molecule has 2 aromatic rings. The van der Waals surface area contributed by atoms with Crippen molar-refractivity contribution in [2.24, 2.45) is 0 Å². The summed E-state index contributed by atoms with van der Waals surface area (Å²) in [4.78, 5) is 36.5. The second-order valence-electron chi connectivity index (χ2n) is 5.18. The number of nitrogens with zero attached hydrogens (tertiary/aromatic N) is 2. The quantitative estimate of drug-likeness (QED) is 0.273. The summed E-state index contributed by atoms with van der Waals surface area (Å²) in [5.74, 6) is -1.34. The molecule has 8 heteroatoms. The number of fused-ring (bicyclic) bond motifs is 1. The van der Waals surface area contributed by atoms with Crippen molar-refractivity contribution in [2.45, 2.75) is 10.5 Å². The number of nitro groups is 1. The fraction of sp³-hybridized carbons (Fsp3) is 0.125. The van der Waals surface area contributed by atoms with Crippen LogP contribution in [0.5, 0.6) is 0 Å². The molecule has 0 aliphatic carbocycles. The molecular weight excluding hydrogens is 355 g/mol. The Labute approximate surface area is 146 Å². The first-order chi connectivity index (χ1) is 11.4. The normalized spacial score (nSPS) is 15.3. The van der Waals surface area contributed by atoms with Crippen molar-refractivity contribution in [3.8, 4) is 0 Å². The summed E-state index contributed by atoms with van der Waals surface area (Å²) in [6, 6.07) is 12.7. The molecule has 2 amide bonds. The summed E-state index contributed by atoms with van der Waals surface area (Å²) in [7, 11) is 0. The van der Waals surface area contributed by atoms with Gasteiger partial charge in [0.15, 0.2) is 6.04 Å². The molecule has 0 aromatic heterocycles. The molecule has 3 rings (SSSR count). The Kier molecular flexibility index (Phi) is 4.03. The van der Waals surface area contributed by atoms with Gasteiger partial charge in [0.05, 0.1) is 16.1 Å². The number of hydrogen-bond acceptors (Lipinski definition) is 4. The third-order valence-corrected chi connectivity index (χ3v) is 4.46. The van der Waals surface area contributed by atoms with E-state index < -0.39 is 27.2 Å².